The molecule has 1 fully saturated rings. The minimum atomic E-state index is -4.05. The second kappa shape index (κ2) is 8.84. The van der Waals surface area contributed by atoms with Crippen LogP contribution in [0.2, 0.25) is 0 Å². The summed E-state index contributed by atoms with van der Waals surface area (Å²) < 4.78 is 50.5. The van der Waals surface area contributed by atoms with Gasteiger partial charge in [0.25, 0.3) is 17.3 Å². The maximum Gasteiger partial charge on any atom is 0.271 e. The number of carbonyl (C=O) groups excluding carboxylic acids is 1. The van der Waals surface area contributed by atoms with Gasteiger partial charge in [0.1, 0.15) is 0 Å². The molecule has 0 unspecified atom stereocenters. The number of benzene rings is 2. The van der Waals surface area contributed by atoms with Crippen LogP contribution in [0.4, 0.5) is 11.4 Å². The van der Waals surface area contributed by atoms with E-state index < -0.39 is 41.3 Å². The molecule has 176 valence electrons. The van der Waals surface area contributed by atoms with Gasteiger partial charge in [-0.15, -0.1) is 0 Å². The monoisotopic (exact) mass is 498 g/mol. The summed E-state index contributed by atoms with van der Waals surface area (Å²) in [6.07, 6.45) is 0.859. The molecule has 1 heterocycles. The topological polar surface area (TPSA) is 178 Å². The van der Waals surface area contributed by atoms with E-state index in [0.29, 0.717) is 0 Å². The lowest BCUT2D eigenvalue weighted by atomic mass is 10.1. The summed E-state index contributed by atoms with van der Waals surface area (Å²) in [7, 11) is -7.88. The Morgan fingerprint density at radius 3 is 1.97 bits per heavy atom. The summed E-state index contributed by atoms with van der Waals surface area (Å²) >= 11 is 0. The Balaban J connectivity index is 1.81. The zero-order chi connectivity index (χ0) is 24.6. The normalized spacial score (nSPS) is 15.2. The smallest absolute Gasteiger partial charge is 0.271 e. The highest BCUT2D eigenvalue weighted by Crippen LogP contribution is 2.24. The van der Waals surface area contributed by atoms with Crippen molar-refractivity contribution in [3.05, 3.63) is 68.3 Å². The van der Waals surface area contributed by atoms with Gasteiger partial charge in [0, 0.05) is 62.3 Å². The van der Waals surface area contributed by atoms with Crippen LogP contribution in [0.1, 0.15) is 10.4 Å². The van der Waals surface area contributed by atoms with E-state index in [1.807, 2.05) is 0 Å². The lowest BCUT2D eigenvalue weighted by Gasteiger charge is -2.34. The molecule has 1 amide bonds. The third-order valence-corrected chi connectivity index (χ3v) is 7.96. The zero-order valence-electron chi connectivity index (χ0n) is 17.1. The van der Waals surface area contributed by atoms with E-state index in [1.165, 1.54) is 23.1 Å². The summed E-state index contributed by atoms with van der Waals surface area (Å²) in [4.78, 5) is 34.1. The van der Waals surface area contributed by atoms with Crippen molar-refractivity contribution in [2.45, 2.75) is 9.79 Å². The summed E-state index contributed by atoms with van der Waals surface area (Å²) in [5.41, 5.74) is -1.15. The van der Waals surface area contributed by atoms with Crippen LogP contribution >= 0.6 is 0 Å². The van der Waals surface area contributed by atoms with E-state index in [4.69, 9.17) is 0 Å². The Kier molecular flexibility index (Phi) is 6.49. The minimum Gasteiger partial charge on any atom is -0.336 e. The predicted octanol–water partition coefficient (Wildman–Crippen LogP) is 1.05. The average molecular weight is 498 g/mol. The lowest BCUT2D eigenvalue weighted by molar-refractivity contribution is -0.385. The molecule has 0 aromatic heterocycles. The number of sulfonamides is 1. The van der Waals surface area contributed by atoms with Crippen LogP contribution in [0.25, 0.3) is 0 Å². The van der Waals surface area contributed by atoms with Crippen LogP contribution in [0, 0.1) is 20.2 Å². The first-order valence-electron chi connectivity index (χ1n) is 9.34. The Morgan fingerprint density at radius 2 is 1.42 bits per heavy atom. The molecule has 2 aromatic carbocycles. The number of nitrogens with zero attached hydrogens (tertiary/aromatic N) is 4. The summed E-state index contributed by atoms with van der Waals surface area (Å²) in [6.45, 7) is -0.372. The highest BCUT2D eigenvalue weighted by molar-refractivity contribution is 7.90. The van der Waals surface area contributed by atoms with Gasteiger partial charge in [0.2, 0.25) is 10.0 Å². The van der Waals surface area contributed by atoms with Crippen LogP contribution in [0.15, 0.2) is 52.3 Å². The van der Waals surface area contributed by atoms with Crippen LogP contribution in [0.5, 0.6) is 0 Å². The molecule has 1 saturated heterocycles. The van der Waals surface area contributed by atoms with Gasteiger partial charge in [-0.1, -0.05) is 6.07 Å². The van der Waals surface area contributed by atoms with E-state index in [1.54, 1.807) is 0 Å². The van der Waals surface area contributed by atoms with Crippen LogP contribution in [0.3, 0.4) is 0 Å². The molecule has 3 rings (SSSR count). The van der Waals surface area contributed by atoms with E-state index in [0.717, 1.165) is 34.8 Å². The number of hydrogen-bond donors (Lipinski definition) is 0. The van der Waals surface area contributed by atoms with Gasteiger partial charge < -0.3 is 4.90 Å². The zero-order valence-corrected chi connectivity index (χ0v) is 18.8. The number of piperazine rings is 1. The first-order valence-corrected chi connectivity index (χ1v) is 12.7. The van der Waals surface area contributed by atoms with Gasteiger partial charge in [0.15, 0.2) is 9.84 Å². The average Bonchev–Trinajstić information content (AvgIpc) is 2.77. The number of non-ortho nitro benzene ring substituents is 2. The maximum absolute atomic E-state index is 12.9. The van der Waals surface area contributed by atoms with Gasteiger partial charge in [-0.25, -0.2) is 16.8 Å². The highest BCUT2D eigenvalue weighted by Gasteiger charge is 2.32. The summed E-state index contributed by atoms with van der Waals surface area (Å²) in [6, 6.07) is 7.46. The van der Waals surface area contributed by atoms with Gasteiger partial charge in [-0.05, 0) is 12.1 Å². The van der Waals surface area contributed by atoms with Crippen molar-refractivity contribution < 1.29 is 31.5 Å². The molecule has 0 saturated carbocycles. The summed E-state index contributed by atoms with van der Waals surface area (Å²) in [5.74, 6) is -0.684. The van der Waals surface area contributed by atoms with Crippen LogP contribution in [-0.2, 0) is 19.9 Å². The van der Waals surface area contributed by atoms with Crippen molar-refractivity contribution in [1.29, 1.82) is 0 Å². The molecule has 0 bridgehead atoms. The van der Waals surface area contributed by atoms with E-state index in [2.05, 4.69) is 0 Å². The van der Waals surface area contributed by atoms with Crippen LogP contribution in [-0.4, -0.2) is 74.2 Å². The van der Waals surface area contributed by atoms with Gasteiger partial charge in [-0.2, -0.15) is 4.31 Å². The van der Waals surface area contributed by atoms with Crippen molar-refractivity contribution in [3.63, 3.8) is 0 Å². The fraction of sp³-hybridized carbons (Fsp3) is 0.278. The predicted molar refractivity (Wildman–Crippen MR) is 114 cm³/mol. The molecule has 2 aromatic rings. The molecule has 0 aliphatic carbocycles. The number of amides is 1. The van der Waals surface area contributed by atoms with Crippen molar-refractivity contribution >= 4 is 37.1 Å². The molecule has 0 spiro atoms. The molecule has 0 N–H and O–H groups in total. The third-order valence-electron chi connectivity index (χ3n) is 4.97. The van der Waals surface area contributed by atoms with Crippen molar-refractivity contribution in [1.82, 2.24) is 9.21 Å². The second-order valence-corrected chi connectivity index (χ2v) is 11.1. The molecule has 0 radical (unpaired) electrons. The first-order chi connectivity index (χ1) is 15.3. The first kappa shape index (κ1) is 24.2. The molecular weight excluding hydrogens is 480 g/mol. The van der Waals surface area contributed by atoms with Crippen molar-refractivity contribution in [3.8, 4) is 0 Å². The number of carbonyl (C=O) groups is 1. The SMILES string of the molecule is CS(=O)(=O)c1cc(C(=O)N2CCN(S(=O)(=O)c3cccc([N+](=O)[O-])c3)CC2)cc([N+](=O)[O-])c1. The van der Waals surface area contributed by atoms with Gasteiger partial charge in [0.05, 0.1) is 19.6 Å². The molecule has 15 heteroatoms. The Bertz CT molecular complexity index is 1350. The fourth-order valence-electron chi connectivity index (χ4n) is 3.25. The van der Waals surface area contributed by atoms with Gasteiger partial charge >= 0.3 is 0 Å². The minimum absolute atomic E-state index is 0.0656. The van der Waals surface area contributed by atoms with Crippen molar-refractivity contribution in [2.24, 2.45) is 0 Å². The third kappa shape index (κ3) is 5.15. The van der Waals surface area contributed by atoms with Gasteiger partial charge in [-0.3, -0.25) is 25.0 Å². The lowest BCUT2D eigenvalue weighted by Crippen LogP contribution is -2.50. The number of sulfone groups is 1. The molecule has 1 aliphatic rings. The van der Waals surface area contributed by atoms with Crippen LogP contribution < -0.4 is 0 Å². The molecule has 1 aliphatic heterocycles. The Morgan fingerprint density at radius 1 is 0.848 bits per heavy atom. The van der Waals surface area contributed by atoms with Crippen molar-refractivity contribution in [2.75, 3.05) is 32.4 Å². The number of nitro groups is 2. The number of rotatable bonds is 6. The van der Waals surface area contributed by atoms with E-state index >= 15 is 0 Å². The largest absolute Gasteiger partial charge is 0.336 e. The quantitative estimate of drug-likeness (QED) is 0.416. The Labute approximate surface area is 188 Å². The maximum atomic E-state index is 12.9. The van der Waals surface area contributed by atoms with E-state index in [-0.39, 0.29) is 47.2 Å². The highest BCUT2D eigenvalue weighted by atomic mass is 32.2. The molecule has 13 nitrogen and oxygen atoms in total. The molecule has 33 heavy (non-hydrogen) atoms. The standard InChI is InChI=1S/C18H18N4O9S2/c1-32(28,29)17-10-13(9-15(12-17)22(26)27)18(23)19-5-7-20(8-6-19)33(30,31)16-4-2-3-14(11-16)21(24)25/h2-4,9-12H,5-8H2,1H3. The van der Waals surface area contributed by atoms with E-state index in [9.17, 15) is 41.9 Å². The number of hydrogen-bond acceptors (Lipinski definition) is 9. The summed E-state index contributed by atoms with van der Waals surface area (Å²) in [5, 5.41) is 22.1. The molecular formula is C18H18N4O9S2. The number of nitro benzene ring substituents is 2. The Hall–Kier alpha value is -3.43. The molecule has 0 atom stereocenters. The second-order valence-electron chi connectivity index (χ2n) is 7.20. The fourth-order valence-corrected chi connectivity index (χ4v) is 5.39.